The Kier molecular flexibility index (Phi) is 2.96. The van der Waals surface area contributed by atoms with Crippen molar-refractivity contribution in [1.29, 1.82) is 0 Å². The van der Waals surface area contributed by atoms with Crippen LogP contribution in [-0.4, -0.2) is 9.97 Å². The highest BCUT2D eigenvalue weighted by molar-refractivity contribution is 6.34. The first-order chi connectivity index (χ1) is 9.13. The highest BCUT2D eigenvalue weighted by Gasteiger charge is 2.08. The van der Waals surface area contributed by atoms with Crippen molar-refractivity contribution in [3.05, 3.63) is 58.7 Å². The van der Waals surface area contributed by atoms with Gasteiger partial charge in [0.1, 0.15) is 5.15 Å². The van der Waals surface area contributed by atoms with Crippen LogP contribution in [0.25, 0.3) is 22.3 Å². The van der Waals surface area contributed by atoms with Crippen LogP contribution in [0.4, 0.5) is 0 Å². The van der Waals surface area contributed by atoms with Gasteiger partial charge in [0, 0.05) is 10.9 Å². The van der Waals surface area contributed by atoms with Gasteiger partial charge in [0.15, 0.2) is 5.82 Å². The van der Waals surface area contributed by atoms with Crippen LogP contribution < -0.4 is 0 Å². The fourth-order valence-corrected chi connectivity index (χ4v) is 2.51. The maximum Gasteiger partial charge on any atom is 0.161 e. The van der Waals surface area contributed by atoms with Crippen molar-refractivity contribution in [2.24, 2.45) is 0 Å². The number of benzene rings is 2. The Bertz CT molecular complexity index is 746. The molecule has 0 fully saturated rings. The molecule has 0 aliphatic heterocycles. The summed E-state index contributed by atoms with van der Waals surface area (Å²) in [6.07, 6.45) is 0. The molecule has 3 heteroatoms. The minimum atomic E-state index is 0.500. The minimum absolute atomic E-state index is 0.500. The predicted molar refractivity (Wildman–Crippen MR) is 79.5 cm³/mol. The van der Waals surface area contributed by atoms with E-state index in [1.54, 1.807) is 0 Å². The summed E-state index contributed by atoms with van der Waals surface area (Å²) in [6, 6.07) is 14.1. The molecule has 3 aromatic rings. The maximum atomic E-state index is 6.24. The van der Waals surface area contributed by atoms with Crippen molar-refractivity contribution in [3.8, 4) is 11.4 Å². The van der Waals surface area contributed by atoms with E-state index < -0.39 is 0 Å². The number of nitrogens with zero attached hydrogens (tertiary/aromatic N) is 2. The Morgan fingerprint density at radius 3 is 2.32 bits per heavy atom. The lowest BCUT2D eigenvalue weighted by Crippen LogP contribution is -1.93. The molecule has 0 bridgehead atoms. The number of aromatic nitrogens is 2. The van der Waals surface area contributed by atoms with E-state index in [2.05, 4.69) is 42.0 Å². The number of hydrogen-bond donors (Lipinski definition) is 0. The lowest BCUT2D eigenvalue weighted by atomic mass is 10.1. The van der Waals surface area contributed by atoms with Gasteiger partial charge in [-0.3, -0.25) is 0 Å². The molecule has 3 rings (SSSR count). The number of rotatable bonds is 1. The molecule has 0 spiro atoms. The minimum Gasteiger partial charge on any atom is -0.228 e. The summed E-state index contributed by atoms with van der Waals surface area (Å²) in [6.45, 7) is 4.14. The van der Waals surface area contributed by atoms with Gasteiger partial charge >= 0.3 is 0 Å². The van der Waals surface area contributed by atoms with E-state index in [1.165, 1.54) is 11.1 Å². The monoisotopic (exact) mass is 268 g/mol. The third-order valence-electron chi connectivity index (χ3n) is 3.04. The summed E-state index contributed by atoms with van der Waals surface area (Å²) in [4.78, 5) is 9.00. The van der Waals surface area contributed by atoms with Crippen LogP contribution >= 0.6 is 11.6 Å². The number of halogens is 1. The van der Waals surface area contributed by atoms with E-state index in [0.717, 1.165) is 16.5 Å². The van der Waals surface area contributed by atoms with Gasteiger partial charge in [-0.1, -0.05) is 40.9 Å². The average molecular weight is 269 g/mol. The zero-order valence-corrected chi connectivity index (χ0v) is 11.6. The fourth-order valence-electron chi connectivity index (χ4n) is 2.27. The highest BCUT2D eigenvalue weighted by atomic mass is 35.5. The van der Waals surface area contributed by atoms with Crippen molar-refractivity contribution in [1.82, 2.24) is 9.97 Å². The van der Waals surface area contributed by atoms with Crippen molar-refractivity contribution < 1.29 is 0 Å². The summed E-state index contributed by atoms with van der Waals surface area (Å²) in [7, 11) is 0. The molecule has 0 aliphatic rings. The Morgan fingerprint density at radius 1 is 0.895 bits per heavy atom. The van der Waals surface area contributed by atoms with Gasteiger partial charge in [0.05, 0.1) is 5.52 Å². The van der Waals surface area contributed by atoms with Gasteiger partial charge in [0.25, 0.3) is 0 Å². The smallest absolute Gasteiger partial charge is 0.161 e. The van der Waals surface area contributed by atoms with Crippen LogP contribution in [-0.2, 0) is 0 Å². The molecule has 2 nitrogen and oxygen atoms in total. The molecular weight excluding hydrogens is 256 g/mol. The highest BCUT2D eigenvalue weighted by Crippen LogP contribution is 2.25. The first-order valence-electron chi connectivity index (χ1n) is 6.14. The summed E-state index contributed by atoms with van der Waals surface area (Å²) in [5.74, 6) is 0.676. The van der Waals surface area contributed by atoms with Crippen LogP contribution in [0.3, 0.4) is 0 Å². The second-order valence-electron chi connectivity index (χ2n) is 4.73. The Hall–Kier alpha value is -1.93. The first-order valence-corrected chi connectivity index (χ1v) is 6.52. The van der Waals surface area contributed by atoms with E-state index in [1.807, 2.05) is 24.3 Å². The SMILES string of the molecule is Cc1cc(C)cc(-c2nc(Cl)c3ccccc3n2)c1. The van der Waals surface area contributed by atoms with Gasteiger partial charge in [0.2, 0.25) is 0 Å². The van der Waals surface area contributed by atoms with Gasteiger partial charge in [-0.2, -0.15) is 0 Å². The second-order valence-corrected chi connectivity index (χ2v) is 5.09. The van der Waals surface area contributed by atoms with E-state index in [9.17, 15) is 0 Å². The van der Waals surface area contributed by atoms with Crippen molar-refractivity contribution in [2.75, 3.05) is 0 Å². The molecule has 94 valence electrons. The largest absolute Gasteiger partial charge is 0.228 e. The Labute approximate surface area is 117 Å². The normalized spacial score (nSPS) is 10.9. The molecule has 2 aromatic carbocycles. The molecule has 0 amide bonds. The summed E-state index contributed by atoms with van der Waals surface area (Å²) in [5, 5.41) is 1.39. The standard InChI is InChI=1S/C16H13ClN2/c1-10-7-11(2)9-12(8-10)16-18-14-6-4-3-5-13(14)15(17)19-16/h3-9H,1-2H3. The van der Waals surface area contributed by atoms with Gasteiger partial charge < -0.3 is 0 Å². The topological polar surface area (TPSA) is 25.8 Å². The maximum absolute atomic E-state index is 6.24. The van der Waals surface area contributed by atoms with E-state index in [0.29, 0.717) is 11.0 Å². The molecule has 0 aliphatic carbocycles. The quantitative estimate of drug-likeness (QED) is 0.604. The van der Waals surface area contributed by atoms with Crippen molar-refractivity contribution in [2.45, 2.75) is 13.8 Å². The summed E-state index contributed by atoms with van der Waals surface area (Å²) >= 11 is 6.24. The molecule has 1 aromatic heterocycles. The van der Waals surface area contributed by atoms with Crippen molar-refractivity contribution >= 4 is 22.5 Å². The van der Waals surface area contributed by atoms with Crippen LogP contribution in [0.1, 0.15) is 11.1 Å². The van der Waals surface area contributed by atoms with Crippen LogP contribution in [0.5, 0.6) is 0 Å². The average Bonchev–Trinajstić information content (AvgIpc) is 2.37. The molecule has 19 heavy (non-hydrogen) atoms. The van der Waals surface area contributed by atoms with Gasteiger partial charge in [-0.15, -0.1) is 0 Å². The molecule has 0 N–H and O–H groups in total. The molecule has 0 radical (unpaired) electrons. The third kappa shape index (κ3) is 2.32. The second kappa shape index (κ2) is 4.63. The fraction of sp³-hybridized carbons (Fsp3) is 0.125. The molecule has 0 saturated carbocycles. The lowest BCUT2D eigenvalue weighted by Gasteiger charge is -2.06. The molecule has 0 saturated heterocycles. The van der Waals surface area contributed by atoms with Gasteiger partial charge in [-0.25, -0.2) is 9.97 Å². The Balaban J connectivity index is 2.25. The zero-order valence-electron chi connectivity index (χ0n) is 10.8. The van der Waals surface area contributed by atoms with Crippen LogP contribution in [0, 0.1) is 13.8 Å². The van der Waals surface area contributed by atoms with E-state index >= 15 is 0 Å². The van der Waals surface area contributed by atoms with Crippen molar-refractivity contribution in [3.63, 3.8) is 0 Å². The number of para-hydroxylation sites is 1. The van der Waals surface area contributed by atoms with Crippen LogP contribution in [0.15, 0.2) is 42.5 Å². The molecule has 0 unspecified atom stereocenters. The van der Waals surface area contributed by atoms with Crippen LogP contribution in [0.2, 0.25) is 5.15 Å². The lowest BCUT2D eigenvalue weighted by molar-refractivity contribution is 1.22. The predicted octanol–water partition coefficient (Wildman–Crippen LogP) is 4.57. The zero-order chi connectivity index (χ0) is 13.4. The number of aryl methyl sites for hydroxylation is 2. The first kappa shape index (κ1) is 12.1. The molecular formula is C16H13ClN2. The number of hydrogen-bond acceptors (Lipinski definition) is 2. The molecule has 1 heterocycles. The number of fused-ring (bicyclic) bond motifs is 1. The Morgan fingerprint density at radius 2 is 1.58 bits per heavy atom. The molecule has 0 atom stereocenters. The summed E-state index contributed by atoms with van der Waals surface area (Å²) < 4.78 is 0. The van der Waals surface area contributed by atoms with Gasteiger partial charge in [-0.05, 0) is 38.1 Å². The third-order valence-corrected chi connectivity index (χ3v) is 3.32. The van der Waals surface area contributed by atoms with E-state index in [-0.39, 0.29) is 0 Å². The van der Waals surface area contributed by atoms with E-state index in [4.69, 9.17) is 11.6 Å². The summed E-state index contributed by atoms with van der Waals surface area (Å²) in [5.41, 5.74) is 4.27.